The first-order valence-corrected chi connectivity index (χ1v) is 11.4. The molecule has 33 heavy (non-hydrogen) atoms. The number of esters is 1. The lowest BCUT2D eigenvalue weighted by atomic mass is 10.0. The number of methoxy groups -OCH3 is 1. The molecule has 0 aliphatic carbocycles. The van der Waals surface area contributed by atoms with E-state index in [1.807, 2.05) is 23.1 Å². The molecular weight excluding hydrogens is 465 g/mol. The molecular formula is C24H27Cl2N3O4. The number of rotatable bonds is 7. The Morgan fingerprint density at radius 2 is 1.64 bits per heavy atom. The summed E-state index contributed by atoms with van der Waals surface area (Å²) in [7, 11) is 1.35. The normalized spacial score (nSPS) is 16.1. The van der Waals surface area contributed by atoms with Crippen LogP contribution in [0.2, 0.25) is 10.0 Å². The van der Waals surface area contributed by atoms with Crippen molar-refractivity contribution >= 4 is 41.0 Å². The van der Waals surface area contributed by atoms with Gasteiger partial charge >= 0.3 is 5.97 Å². The maximum Gasteiger partial charge on any atom is 0.327 e. The van der Waals surface area contributed by atoms with E-state index in [2.05, 4.69) is 5.32 Å². The van der Waals surface area contributed by atoms with Gasteiger partial charge in [0.1, 0.15) is 6.04 Å². The molecule has 0 radical (unpaired) electrons. The summed E-state index contributed by atoms with van der Waals surface area (Å²) in [5.74, 6) is -0.680. The van der Waals surface area contributed by atoms with Gasteiger partial charge in [0.25, 0.3) is 0 Å². The predicted molar refractivity (Wildman–Crippen MR) is 127 cm³/mol. The van der Waals surface area contributed by atoms with Crippen LogP contribution < -0.4 is 5.32 Å². The van der Waals surface area contributed by atoms with Gasteiger partial charge in [-0.25, -0.2) is 4.79 Å². The maximum atomic E-state index is 13.0. The zero-order chi connectivity index (χ0) is 24.0. The molecule has 1 N–H and O–H groups in total. The number of carbonyl (C=O) groups excluding carboxylic acids is 3. The first-order valence-electron chi connectivity index (χ1n) is 10.7. The first-order chi connectivity index (χ1) is 15.8. The van der Waals surface area contributed by atoms with Crippen LogP contribution in [-0.4, -0.2) is 60.9 Å². The van der Waals surface area contributed by atoms with Crippen molar-refractivity contribution in [2.75, 3.05) is 33.3 Å². The fourth-order valence-corrected chi connectivity index (χ4v) is 4.37. The highest BCUT2D eigenvalue weighted by Gasteiger charge is 2.34. The highest BCUT2D eigenvalue weighted by molar-refractivity contribution is 6.31. The van der Waals surface area contributed by atoms with E-state index in [9.17, 15) is 14.4 Å². The summed E-state index contributed by atoms with van der Waals surface area (Å²) in [6, 6.07) is 13.2. The van der Waals surface area contributed by atoms with Gasteiger partial charge in [-0.1, -0.05) is 53.5 Å². The number of ether oxygens (including phenoxy) is 1. The summed E-state index contributed by atoms with van der Waals surface area (Å²) in [5.41, 5.74) is 1.49. The van der Waals surface area contributed by atoms with Crippen LogP contribution in [0.3, 0.4) is 0 Å². The fraction of sp³-hybridized carbons (Fsp3) is 0.375. The summed E-state index contributed by atoms with van der Waals surface area (Å²) in [5, 5.41) is 3.92. The van der Waals surface area contributed by atoms with Crippen LogP contribution in [-0.2, 0) is 19.1 Å². The lowest BCUT2D eigenvalue weighted by Gasteiger charge is -2.38. The number of hydrogen-bond donors (Lipinski definition) is 1. The van der Waals surface area contributed by atoms with Crippen molar-refractivity contribution in [1.82, 2.24) is 15.1 Å². The first kappa shape index (κ1) is 25.0. The minimum atomic E-state index is -0.637. The number of nitrogens with zero attached hydrogens (tertiary/aromatic N) is 2. The third kappa shape index (κ3) is 6.47. The van der Waals surface area contributed by atoms with E-state index in [0.717, 1.165) is 5.56 Å². The Labute approximate surface area is 203 Å². The summed E-state index contributed by atoms with van der Waals surface area (Å²) >= 11 is 12.3. The second-order valence-electron chi connectivity index (χ2n) is 7.87. The van der Waals surface area contributed by atoms with Crippen molar-refractivity contribution < 1.29 is 19.1 Å². The Balaban J connectivity index is 1.67. The van der Waals surface area contributed by atoms with Crippen LogP contribution in [0.4, 0.5) is 0 Å². The zero-order valence-corrected chi connectivity index (χ0v) is 20.1. The topological polar surface area (TPSA) is 79.0 Å². The lowest BCUT2D eigenvalue weighted by Crippen LogP contribution is -2.51. The molecule has 0 unspecified atom stereocenters. The van der Waals surface area contributed by atoms with Crippen molar-refractivity contribution in [2.24, 2.45) is 0 Å². The summed E-state index contributed by atoms with van der Waals surface area (Å²) in [6.45, 7) is 3.30. The number of hydrogen-bond acceptors (Lipinski definition) is 5. The second-order valence-corrected chi connectivity index (χ2v) is 8.72. The number of piperazine rings is 1. The molecule has 2 amide bonds. The van der Waals surface area contributed by atoms with E-state index >= 15 is 0 Å². The minimum absolute atomic E-state index is 0.0734. The number of amides is 2. The summed E-state index contributed by atoms with van der Waals surface area (Å²) in [6.07, 6.45) is 0.131. The average molecular weight is 492 g/mol. The van der Waals surface area contributed by atoms with E-state index in [-0.39, 0.29) is 18.2 Å². The third-order valence-electron chi connectivity index (χ3n) is 5.68. The SMILES string of the molecule is COC(=O)[C@@H](c1ccccc1Cl)N1CCN(C(=O)C[C@H](NC(C)=O)c2ccc(Cl)cc2)CC1. The molecule has 0 bridgehead atoms. The Morgan fingerprint density at radius 3 is 2.21 bits per heavy atom. The van der Waals surface area contributed by atoms with Gasteiger partial charge in [0.05, 0.1) is 19.6 Å². The van der Waals surface area contributed by atoms with Crippen molar-refractivity contribution in [3.8, 4) is 0 Å². The van der Waals surface area contributed by atoms with Crippen LogP contribution in [0.15, 0.2) is 48.5 Å². The Bertz CT molecular complexity index is 991. The summed E-state index contributed by atoms with van der Waals surface area (Å²) in [4.78, 5) is 41.0. The van der Waals surface area contributed by atoms with Crippen LogP contribution in [0.1, 0.15) is 36.6 Å². The number of benzene rings is 2. The Hall–Kier alpha value is -2.61. The van der Waals surface area contributed by atoms with Gasteiger partial charge in [-0.2, -0.15) is 0 Å². The monoisotopic (exact) mass is 491 g/mol. The quantitative estimate of drug-likeness (QED) is 0.598. The van der Waals surface area contributed by atoms with E-state index in [1.165, 1.54) is 14.0 Å². The van der Waals surface area contributed by atoms with Crippen LogP contribution >= 0.6 is 23.2 Å². The second kappa shape index (κ2) is 11.5. The zero-order valence-electron chi connectivity index (χ0n) is 18.6. The van der Waals surface area contributed by atoms with Crippen LogP contribution in [0, 0.1) is 0 Å². The molecule has 3 rings (SSSR count). The van der Waals surface area contributed by atoms with Crippen LogP contribution in [0.25, 0.3) is 0 Å². The van der Waals surface area contributed by atoms with Crippen molar-refractivity contribution in [3.05, 3.63) is 69.7 Å². The highest BCUT2D eigenvalue weighted by atomic mass is 35.5. The molecule has 0 aromatic heterocycles. The molecule has 2 aromatic carbocycles. The van der Waals surface area contributed by atoms with Gasteiger partial charge in [0.2, 0.25) is 11.8 Å². The number of nitrogens with one attached hydrogen (secondary N) is 1. The largest absolute Gasteiger partial charge is 0.468 e. The molecule has 2 aromatic rings. The Kier molecular flexibility index (Phi) is 8.72. The molecule has 0 saturated carbocycles. The molecule has 0 spiro atoms. The average Bonchev–Trinajstić information content (AvgIpc) is 2.80. The molecule has 9 heteroatoms. The molecule has 1 aliphatic rings. The van der Waals surface area contributed by atoms with Crippen molar-refractivity contribution in [3.63, 3.8) is 0 Å². The number of halogens is 2. The minimum Gasteiger partial charge on any atom is -0.468 e. The summed E-state index contributed by atoms with van der Waals surface area (Å²) < 4.78 is 5.03. The smallest absolute Gasteiger partial charge is 0.327 e. The van der Waals surface area contributed by atoms with Gasteiger partial charge in [0.15, 0.2) is 0 Å². The molecule has 1 saturated heterocycles. The lowest BCUT2D eigenvalue weighted by molar-refractivity contribution is -0.148. The molecule has 176 valence electrons. The molecule has 1 aliphatic heterocycles. The number of carbonyl (C=O) groups is 3. The van der Waals surface area contributed by atoms with E-state index in [4.69, 9.17) is 27.9 Å². The highest BCUT2D eigenvalue weighted by Crippen LogP contribution is 2.30. The van der Waals surface area contributed by atoms with Gasteiger partial charge in [-0.3, -0.25) is 14.5 Å². The van der Waals surface area contributed by atoms with Gasteiger partial charge in [-0.15, -0.1) is 0 Å². The molecule has 2 atom stereocenters. The van der Waals surface area contributed by atoms with Crippen molar-refractivity contribution in [2.45, 2.75) is 25.4 Å². The van der Waals surface area contributed by atoms with Gasteiger partial charge < -0.3 is 15.0 Å². The standard InChI is InChI=1S/C24H27Cl2N3O4/c1-16(30)27-21(17-7-9-18(25)10-8-17)15-22(31)28-11-13-29(14-12-28)23(24(32)33-2)19-5-3-4-6-20(19)26/h3-10,21,23H,11-15H2,1-2H3,(H,27,30)/t21-,23+/m0/s1. The molecule has 7 nitrogen and oxygen atoms in total. The van der Waals surface area contributed by atoms with Crippen LogP contribution in [0.5, 0.6) is 0 Å². The predicted octanol–water partition coefficient (Wildman–Crippen LogP) is 3.62. The molecule has 1 fully saturated rings. The van der Waals surface area contributed by atoms with Gasteiger partial charge in [-0.05, 0) is 29.3 Å². The van der Waals surface area contributed by atoms with Gasteiger partial charge in [0, 0.05) is 43.1 Å². The van der Waals surface area contributed by atoms with Crippen molar-refractivity contribution in [1.29, 1.82) is 0 Å². The fourth-order valence-electron chi connectivity index (χ4n) is 4.01. The van der Waals surface area contributed by atoms with E-state index in [0.29, 0.717) is 41.8 Å². The molecule has 1 heterocycles. The van der Waals surface area contributed by atoms with E-state index in [1.54, 1.807) is 35.2 Å². The third-order valence-corrected chi connectivity index (χ3v) is 6.28. The van der Waals surface area contributed by atoms with E-state index < -0.39 is 18.1 Å². The Morgan fingerprint density at radius 1 is 1.00 bits per heavy atom. The maximum absolute atomic E-state index is 13.0.